The maximum absolute atomic E-state index is 0. The zero-order valence-electron chi connectivity index (χ0n) is 1.66. The van der Waals surface area contributed by atoms with Crippen LogP contribution in [0.15, 0.2) is 0 Å². The van der Waals surface area contributed by atoms with Gasteiger partial charge in [0.05, 0.1) is 0 Å². The summed E-state index contributed by atoms with van der Waals surface area (Å²) in [6.45, 7) is 0. The van der Waals surface area contributed by atoms with Crippen LogP contribution >= 0.6 is 12.4 Å². The molecule has 0 aromatic heterocycles. The van der Waals surface area contributed by atoms with Crippen molar-refractivity contribution in [1.82, 2.24) is 0 Å². The Labute approximate surface area is 52.2 Å². The van der Waals surface area contributed by atoms with Crippen LogP contribution in [0, 0.1) is 0 Å². The predicted molar refractivity (Wildman–Crippen MR) is 10.9 cm³/mol. The second-order valence-corrected chi connectivity index (χ2v) is 0. The molecule has 0 aliphatic rings. The minimum Gasteiger partial charge on any atom is -0.412 e. The Balaban J connectivity index is 0. The summed E-state index contributed by atoms with van der Waals surface area (Å²) in [5.74, 6) is 0. The van der Waals surface area contributed by atoms with Gasteiger partial charge in [0, 0.05) is 34.1 Å². The molecule has 0 aromatic carbocycles. The topological polar surface area (TPSA) is 31.5 Å². The van der Waals surface area contributed by atoms with Crippen molar-refractivity contribution in [2.24, 2.45) is 0 Å². The molecular weight excluding hydrogens is 161 g/mol. The maximum atomic E-state index is 0. The molecule has 0 bridgehead atoms. The zero-order chi connectivity index (χ0) is 0. The van der Waals surface area contributed by atoms with Crippen LogP contribution in [0.25, 0.3) is 0 Å². The van der Waals surface area contributed by atoms with Crippen molar-refractivity contribution in [2.75, 3.05) is 0 Å². The molecule has 30 valence electrons. The molecule has 0 aliphatic heterocycles. The van der Waals surface area contributed by atoms with Crippen LogP contribution in [0.1, 0.15) is 0 Å². The Morgan fingerprint density at radius 3 is 0.750 bits per heavy atom. The molecule has 0 aromatic rings. The Kier molecular flexibility index (Phi) is 409. The smallest absolute Gasteiger partial charge is 0 e. The van der Waals surface area contributed by atoms with Gasteiger partial charge in [0.2, 0.25) is 0 Å². The van der Waals surface area contributed by atoms with Crippen LogP contribution in [-0.4, -0.2) is 5.48 Å². The van der Waals surface area contributed by atoms with E-state index >= 15 is 0 Å². The van der Waals surface area contributed by atoms with Crippen LogP contribution < -0.4 is 0 Å². The van der Waals surface area contributed by atoms with E-state index < -0.39 is 0 Å². The first-order chi connectivity index (χ1) is 0. The molecule has 0 saturated heterocycles. The maximum Gasteiger partial charge on any atom is 0 e. The van der Waals surface area contributed by atoms with Gasteiger partial charge in [-0.1, -0.05) is 0 Å². The van der Waals surface area contributed by atoms with E-state index in [9.17, 15) is 0 Å². The zero-order valence-corrected chi connectivity index (χ0v) is 4.84. The van der Waals surface area contributed by atoms with Gasteiger partial charge < -0.3 is 5.48 Å². The summed E-state index contributed by atoms with van der Waals surface area (Å²) in [7, 11) is 0. The second-order valence-electron chi connectivity index (χ2n) is 0. The van der Waals surface area contributed by atoms with Crippen molar-refractivity contribution < 1.29 is 39.6 Å². The molecule has 4 heteroatoms. The van der Waals surface area contributed by atoms with E-state index in [0.717, 1.165) is 0 Å². The van der Waals surface area contributed by atoms with Gasteiger partial charge in [-0.3, -0.25) is 0 Å². The molecule has 0 unspecified atom stereocenters. The van der Waals surface area contributed by atoms with E-state index in [1.54, 1.807) is 0 Å². The standard InChI is InChI=1S/ClH.2Mn.H2O/h1H;;;1H2. The average Bonchev–Trinajstić information content (AvgIpc) is 0. The number of halogens is 1. The van der Waals surface area contributed by atoms with E-state index in [0.29, 0.717) is 0 Å². The molecule has 0 fully saturated rings. The Hall–Kier alpha value is 1.29. The largest absolute Gasteiger partial charge is 0.412 e. The van der Waals surface area contributed by atoms with E-state index in [1.807, 2.05) is 0 Å². The van der Waals surface area contributed by atoms with Crippen LogP contribution in [0.2, 0.25) is 0 Å². The Morgan fingerprint density at radius 1 is 0.750 bits per heavy atom. The molecule has 0 rings (SSSR count). The Morgan fingerprint density at radius 2 is 0.750 bits per heavy atom. The first-order valence-electron chi connectivity index (χ1n) is 0. The summed E-state index contributed by atoms with van der Waals surface area (Å²) in [6.07, 6.45) is 0. The first-order valence-corrected chi connectivity index (χ1v) is 0. The van der Waals surface area contributed by atoms with Crippen molar-refractivity contribution >= 4 is 12.4 Å². The summed E-state index contributed by atoms with van der Waals surface area (Å²) >= 11 is 0. The van der Waals surface area contributed by atoms with Gasteiger partial charge in [-0.15, -0.1) is 12.4 Å². The summed E-state index contributed by atoms with van der Waals surface area (Å²) in [4.78, 5) is 0. The molecule has 2 radical (unpaired) electrons. The third-order valence-corrected chi connectivity index (χ3v) is 0. The fourth-order valence-corrected chi connectivity index (χ4v) is 0. The van der Waals surface area contributed by atoms with Gasteiger partial charge in [0.25, 0.3) is 0 Å². The molecular formula is H3ClMn2O. The predicted octanol–water partition coefficient (Wildman–Crippen LogP) is -0.408. The van der Waals surface area contributed by atoms with Gasteiger partial charge in [-0.2, -0.15) is 0 Å². The van der Waals surface area contributed by atoms with Gasteiger partial charge in [-0.05, 0) is 0 Å². The van der Waals surface area contributed by atoms with Crippen LogP contribution in [0.3, 0.4) is 0 Å². The molecule has 0 aliphatic carbocycles. The average molecular weight is 164 g/mol. The summed E-state index contributed by atoms with van der Waals surface area (Å²) in [6, 6.07) is 0. The first kappa shape index (κ1) is 58.6. The van der Waals surface area contributed by atoms with Crippen molar-refractivity contribution in [2.45, 2.75) is 0 Å². The SMILES string of the molecule is Cl.O.[Mn].[Mn]. The van der Waals surface area contributed by atoms with Crippen molar-refractivity contribution in [3.63, 3.8) is 0 Å². The van der Waals surface area contributed by atoms with E-state index in [-0.39, 0.29) is 52.0 Å². The number of hydrogen-bond acceptors (Lipinski definition) is 0. The monoisotopic (exact) mass is 164 g/mol. The van der Waals surface area contributed by atoms with E-state index in [2.05, 4.69) is 0 Å². The molecule has 0 heterocycles. The third-order valence-electron chi connectivity index (χ3n) is 0. The van der Waals surface area contributed by atoms with E-state index in [1.165, 1.54) is 0 Å². The molecule has 0 spiro atoms. The summed E-state index contributed by atoms with van der Waals surface area (Å²) < 4.78 is 0. The van der Waals surface area contributed by atoms with Crippen molar-refractivity contribution in [3.8, 4) is 0 Å². The fourth-order valence-electron chi connectivity index (χ4n) is 0. The van der Waals surface area contributed by atoms with Crippen LogP contribution in [0.4, 0.5) is 0 Å². The summed E-state index contributed by atoms with van der Waals surface area (Å²) in [5.41, 5.74) is 0. The van der Waals surface area contributed by atoms with Crippen molar-refractivity contribution in [3.05, 3.63) is 0 Å². The molecule has 4 heavy (non-hydrogen) atoms. The second kappa shape index (κ2) is 27.9. The molecule has 1 nitrogen and oxygen atoms in total. The minimum absolute atomic E-state index is 0. The number of hydrogen-bond donors (Lipinski definition) is 0. The van der Waals surface area contributed by atoms with Gasteiger partial charge in [0.1, 0.15) is 0 Å². The Bertz CT molecular complexity index is 6.00. The normalized spacial score (nSPS) is 0. The van der Waals surface area contributed by atoms with Crippen LogP contribution in [-0.2, 0) is 34.1 Å². The van der Waals surface area contributed by atoms with Gasteiger partial charge >= 0.3 is 0 Å². The third kappa shape index (κ3) is 10.4. The molecule has 0 atom stereocenters. The van der Waals surface area contributed by atoms with Gasteiger partial charge in [-0.25, -0.2) is 0 Å². The quantitative estimate of drug-likeness (QED) is 0.436. The fraction of sp³-hybridized carbons (Fsp3) is 0. The molecule has 2 N–H and O–H groups in total. The minimum atomic E-state index is 0. The van der Waals surface area contributed by atoms with Crippen LogP contribution in [0.5, 0.6) is 0 Å². The van der Waals surface area contributed by atoms with E-state index in [4.69, 9.17) is 0 Å². The molecule has 0 amide bonds. The van der Waals surface area contributed by atoms with Crippen molar-refractivity contribution in [1.29, 1.82) is 0 Å². The summed E-state index contributed by atoms with van der Waals surface area (Å²) in [5, 5.41) is 0. The van der Waals surface area contributed by atoms with Gasteiger partial charge in [0.15, 0.2) is 0 Å². The number of rotatable bonds is 0. The molecule has 0 saturated carbocycles.